The maximum atomic E-state index is 8.93. The van der Waals surface area contributed by atoms with E-state index in [-0.39, 0.29) is 6.61 Å². The van der Waals surface area contributed by atoms with Crippen LogP contribution in [0.15, 0.2) is 0 Å². The molecule has 0 aliphatic heterocycles. The molecule has 3 nitrogen and oxygen atoms in total. The zero-order chi connectivity index (χ0) is 11.1. The summed E-state index contributed by atoms with van der Waals surface area (Å²) in [6, 6.07) is 1.20. The van der Waals surface area contributed by atoms with Gasteiger partial charge in [0.1, 0.15) is 0 Å². The lowest BCUT2D eigenvalue weighted by Gasteiger charge is -2.33. The van der Waals surface area contributed by atoms with Crippen molar-refractivity contribution in [1.82, 2.24) is 10.2 Å². The molecule has 0 heterocycles. The molecule has 0 saturated heterocycles. The summed E-state index contributed by atoms with van der Waals surface area (Å²) in [5.74, 6) is 0. The fraction of sp³-hybridized carbons (Fsp3) is 1.00. The van der Waals surface area contributed by atoms with Gasteiger partial charge in [-0.1, -0.05) is 19.3 Å². The van der Waals surface area contributed by atoms with E-state index in [1.165, 1.54) is 32.1 Å². The van der Waals surface area contributed by atoms with Gasteiger partial charge >= 0.3 is 0 Å². The van der Waals surface area contributed by atoms with E-state index in [2.05, 4.69) is 17.3 Å². The summed E-state index contributed by atoms with van der Waals surface area (Å²) in [5.41, 5.74) is 0. The van der Waals surface area contributed by atoms with Gasteiger partial charge < -0.3 is 15.3 Å². The first-order valence-electron chi connectivity index (χ1n) is 6.26. The third-order valence-electron chi connectivity index (χ3n) is 3.59. The molecule has 90 valence electrons. The van der Waals surface area contributed by atoms with Crippen LogP contribution in [0.1, 0.15) is 38.5 Å². The zero-order valence-electron chi connectivity index (χ0n) is 10.2. The van der Waals surface area contributed by atoms with Crippen LogP contribution in [-0.2, 0) is 0 Å². The average molecular weight is 214 g/mol. The number of likely N-dealkylation sites (N-methyl/N-ethyl adjacent to an activating group) is 2. The molecule has 0 aromatic rings. The molecule has 1 aliphatic rings. The minimum atomic E-state index is 0.282. The highest BCUT2D eigenvalue weighted by atomic mass is 16.3. The smallest absolute Gasteiger partial charge is 0.0446 e. The molecule has 0 bridgehead atoms. The summed E-state index contributed by atoms with van der Waals surface area (Å²) in [4.78, 5) is 2.47. The van der Waals surface area contributed by atoms with Crippen LogP contribution in [0.4, 0.5) is 0 Å². The largest absolute Gasteiger partial charge is 0.396 e. The normalized spacial score (nSPS) is 20.8. The number of aliphatic hydroxyl groups is 1. The van der Waals surface area contributed by atoms with Gasteiger partial charge in [-0.15, -0.1) is 0 Å². The van der Waals surface area contributed by atoms with Crippen LogP contribution in [-0.4, -0.2) is 49.3 Å². The first-order chi connectivity index (χ1) is 7.27. The van der Waals surface area contributed by atoms with E-state index in [1.54, 1.807) is 0 Å². The average Bonchev–Trinajstić information content (AvgIpc) is 2.29. The molecule has 0 aromatic heterocycles. The maximum Gasteiger partial charge on any atom is 0.0446 e. The Balaban J connectivity index is 2.28. The van der Waals surface area contributed by atoms with Crippen LogP contribution in [0.3, 0.4) is 0 Å². The molecular formula is C12H26N2O. The van der Waals surface area contributed by atoms with Crippen LogP contribution in [0.2, 0.25) is 0 Å². The third kappa shape index (κ3) is 4.49. The minimum absolute atomic E-state index is 0.282. The summed E-state index contributed by atoms with van der Waals surface area (Å²) in [6.07, 6.45) is 7.75. The Hall–Kier alpha value is -0.120. The second-order valence-electron chi connectivity index (χ2n) is 4.73. The van der Waals surface area contributed by atoms with Crippen molar-refractivity contribution in [3.8, 4) is 0 Å². The molecule has 0 spiro atoms. The van der Waals surface area contributed by atoms with Gasteiger partial charge in [0.15, 0.2) is 0 Å². The van der Waals surface area contributed by atoms with E-state index in [0.717, 1.165) is 19.0 Å². The summed E-state index contributed by atoms with van der Waals surface area (Å²) < 4.78 is 0. The Morgan fingerprint density at radius 3 is 2.53 bits per heavy atom. The number of nitrogens with zero attached hydrogens (tertiary/aromatic N) is 1. The van der Waals surface area contributed by atoms with E-state index in [0.29, 0.717) is 6.04 Å². The lowest BCUT2D eigenvalue weighted by Crippen LogP contribution is -2.43. The van der Waals surface area contributed by atoms with Crippen LogP contribution < -0.4 is 5.32 Å². The van der Waals surface area contributed by atoms with Crippen molar-refractivity contribution in [2.45, 2.75) is 50.6 Å². The predicted octanol–water partition coefficient (Wildman–Crippen LogP) is 1.22. The molecule has 15 heavy (non-hydrogen) atoms. The molecular weight excluding hydrogens is 188 g/mol. The SMILES string of the molecule is CNC(CCO)CN(C)C1CCCCC1. The molecule has 1 saturated carbocycles. The molecule has 1 aliphatic carbocycles. The maximum absolute atomic E-state index is 8.93. The van der Waals surface area contributed by atoms with E-state index in [4.69, 9.17) is 5.11 Å². The van der Waals surface area contributed by atoms with Crippen molar-refractivity contribution < 1.29 is 5.11 Å². The Morgan fingerprint density at radius 2 is 2.00 bits per heavy atom. The Kier molecular flexibility index (Phi) is 6.22. The molecule has 2 N–H and O–H groups in total. The third-order valence-corrected chi connectivity index (χ3v) is 3.59. The predicted molar refractivity (Wildman–Crippen MR) is 64.1 cm³/mol. The van der Waals surface area contributed by atoms with E-state index < -0.39 is 0 Å². The molecule has 3 heteroatoms. The minimum Gasteiger partial charge on any atom is -0.396 e. The molecule has 1 atom stereocenters. The second kappa shape index (κ2) is 7.20. The van der Waals surface area contributed by atoms with Crippen molar-refractivity contribution >= 4 is 0 Å². The van der Waals surface area contributed by atoms with E-state index in [9.17, 15) is 0 Å². The quantitative estimate of drug-likeness (QED) is 0.698. The van der Waals surface area contributed by atoms with Crippen molar-refractivity contribution in [3.05, 3.63) is 0 Å². The van der Waals surface area contributed by atoms with Gasteiger partial charge in [0.05, 0.1) is 0 Å². The van der Waals surface area contributed by atoms with Crippen molar-refractivity contribution in [2.75, 3.05) is 27.2 Å². The highest BCUT2D eigenvalue weighted by molar-refractivity contribution is 4.77. The first kappa shape index (κ1) is 12.9. The van der Waals surface area contributed by atoms with Gasteiger partial charge in [-0.3, -0.25) is 0 Å². The zero-order valence-corrected chi connectivity index (χ0v) is 10.2. The number of aliphatic hydroxyl groups excluding tert-OH is 1. The van der Waals surface area contributed by atoms with Gasteiger partial charge in [-0.05, 0) is 33.4 Å². The highest BCUT2D eigenvalue weighted by Gasteiger charge is 2.19. The van der Waals surface area contributed by atoms with E-state index in [1.807, 2.05) is 7.05 Å². The van der Waals surface area contributed by atoms with Crippen LogP contribution >= 0.6 is 0 Å². The lowest BCUT2D eigenvalue weighted by molar-refractivity contribution is 0.164. The van der Waals surface area contributed by atoms with Gasteiger partial charge in [0.25, 0.3) is 0 Å². The topological polar surface area (TPSA) is 35.5 Å². The molecule has 1 rings (SSSR count). The summed E-state index contributed by atoms with van der Waals surface area (Å²) in [6.45, 7) is 1.34. The number of nitrogens with one attached hydrogen (secondary N) is 1. The van der Waals surface area contributed by atoms with Gasteiger partial charge in [0, 0.05) is 25.2 Å². The molecule has 1 unspecified atom stereocenters. The summed E-state index contributed by atoms with van der Waals surface area (Å²) in [7, 11) is 4.20. The second-order valence-corrected chi connectivity index (χ2v) is 4.73. The van der Waals surface area contributed by atoms with Gasteiger partial charge in [-0.25, -0.2) is 0 Å². The highest BCUT2D eigenvalue weighted by Crippen LogP contribution is 2.21. The number of hydrogen-bond acceptors (Lipinski definition) is 3. The van der Waals surface area contributed by atoms with Gasteiger partial charge in [0.2, 0.25) is 0 Å². The fourth-order valence-corrected chi connectivity index (χ4v) is 2.50. The van der Waals surface area contributed by atoms with Crippen molar-refractivity contribution in [3.63, 3.8) is 0 Å². The molecule has 1 fully saturated rings. The Bertz CT molecular complexity index is 158. The van der Waals surface area contributed by atoms with Crippen LogP contribution in [0, 0.1) is 0 Å². The van der Waals surface area contributed by atoms with Crippen LogP contribution in [0.5, 0.6) is 0 Å². The Morgan fingerprint density at radius 1 is 1.33 bits per heavy atom. The standard InChI is InChI=1S/C12H26N2O/c1-13-11(8-9-15)10-14(2)12-6-4-3-5-7-12/h11-13,15H,3-10H2,1-2H3. The fourth-order valence-electron chi connectivity index (χ4n) is 2.50. The van der Waals surface area contributed by atoms with Crippen molar-refractivity contribution in [1.29, 1.82) is 0 Å². The Labute approximate surface area is 93.9 Å². The first-order valence-corrected chi connectivity index (χ1v) is 6.26. The molecule has 0 amide bonds. The lowest BCUT2D eigenvalue weighted by atomic mass is 9.94. The monoisotopic (exact) mass is 214 g/mol. The summed E-state index contributed by atoms with van der Waals surface area (Å²) in [5, 5.41) is 12.2. The number of rotatable bonds is 6. The summed E-state index contributed by atoms with van der Waals surface area (Å²) >= 11 is 0. The van der Waals surface area contributed by atoms with Crippen molar-refractivity contribution in [2.24, 2.45) is 0 Å². The van der Waals surface area contributed by atoms with Crippen LogP contribution in [0.25, 0.3) is 0 Å². The molecule has 0 aromatic carbocycles. The molecule has 0 radical (unpaired) electrons. The van der Waals surface area contributed by atoms with E-state index >= 15 is 0 Å². The van der Waals surface area contributed by atoms with Gasteiger partial charge in [-0.2, -0.15) is 0 Å². The number of hydrogen-bond donors (Lipinski definition) is 2.